The zero-order valence-electron chi connectivity index (χ0n) is 10.7. The van der Waals surface area contributed by atoms with E-state index >= 15 is 0 Å². The van der Waals surface area contributed by atoms with Crippen molar-refractivity contribution in [3.63, 3.8) is 0 Å². The molecule has 1 aromatic rings. The Morgan fingerprint density at radius 1 is 1.53 bits per heavy atom. The first-order valence-corrected chi connectivity index (χ1v) is 6.93. The van der Waals surface area contributed by atoms with Gasteiger partial charge in [-0.2, -0.15) is 0 Å². The van der Waals surface area contributed by atoms with Crippen LogP contribution in [0.15, 0.2) is 17.5 Å². The summed E-state index contributed by atoms with van der Waals surface area (Å²) in [5, 5.41) is 10.9. The van der Waals surface area contributed by atoms with Gasteiger partial charge in [0.1, 0.15) is 0 Å². The largest absolute Gasteiger partial charge is 0.481 e. The smallest absolute Gasteiger partial charge is 0.304 e. The number of hydrogen-bond acceptors (Lipinski definition) is 3. The van der Waals surface area contributed by atoms with Crippen molar-refractivity contribution < 1.29 is 9.90 Å². The van der Waals surface area contributed by atoms with Gasteiger partial charge >= 0.3 is 5.97 Å². The molecule has 1 heterocycles. The molecule has 0 aliphatic carbocycles. The monoisotopic (exact) mass is 255 g/mol. The van der Waals surface area contributed by atoms with Crippen LogP contribution in [-0.4, -0.2) is 29.1 Å². The van der Waals surface area contributed by atoms with E-state index in [0.29, 0.717) is 18.5 Å². The highest BCUT2D eigenvalue weighted by Crippen LogP contribution is 2.31. The van der Waals surface area contributed by atoms with Gasteiger partial charge in [-0.05, 0) is 23.9 Å². The van der Waals surface area contributed by atoms with Crippen molar-refractivity contribution in [2.75, 3.05) is 13.1 Å². The van der Waals surface area contributed by atoms with Gasteiger partial charge in [-0.15, -0.1) is 11.3 Å². The van der Waals surface area contributed by atoms with Crippen LogP contribution in [0, 0.1) is 5.92 Å². The predicted octanol–water partition coefficient (Wildman–Crippen LogP) is 3.24. The molecular formula is C13H21NO2S. The molecule has 0 saturated carbocycles. The molecule has 1 unspecified atom stereocenters. The highest BCUT2D eigenvalue weighted by molar-refractivity contribution is 7.10. The van der Waals surface area contributed by atoms with Crippen LogP contribution in [0.3, 0.4) is 0 Å². The Morgan fingerprint density at radius 2 is 2.24 bits per heavy atom. The van der Waals surface area contributed by atoms with E-state index in [0.717, 1.165) is 6.54 Å². The molecule has 1 N–H and O–H groups in total. The van der Waals surface area contributed by atoms with Crippen LogP contribution in [-0.2, 0) is 4.79 Å². The lowest BCUT2D eigenvalue weighted by Crippen LogP contribution is -2.33. The van der Waals surface area contributed by atoms with Gasteiger partial charge in [-0.3, -0.25) is 9.69 Å². The van der Waals surface area contributed by atoms with Crippen LogP contribution in [0.5, 0.6) is 0 Å². The summed E-state index contributed by atoms with van der Waals surface area (Å²) < 4.78 is 0. The van der Waals surface area contributed by atoms with Crippen molar-refractivity contribution in [1.82, 2.24) is 4.90 Å². The fraction of sp³-hybridized carbons (Fsp3) is 0.615. The minimum absolute atomic E-state index is 0.211. The number of aliphatic carboxylic acids is 1. The second-order valence-electron chi connectivity index (χ2n) is 4.48. The van der Waals surface area contributed by atoms with Gasteiger partial charge < -0.3 is 5.11 Å². The van der Waals surface area contributed by atoms with Crippen molar-refractivity contribution >= 4 is 17.3 Å². The van der Waals surface area contributed by atoms with Crippen molar-refractivity contribution in [3.8, 4) is 0 Å². The van der Waals surface area contributed by atoms with Gasteiger partial charge in [0.15, 0.2) is 0 Å². The van der Waals surface area contributed by atoms with E-state index in [-0.39, 0.29) is 6.42 Å². The summed E-state index contributed by atoms with van der Waals surface area (Å²) >= 11 is 1.75. The first kappa shape index (κ1) is 14.2. The molecule has 1 rings (SSSR count). The average molecular weight is 255 g/mol. The molecule has 96 valence electrons. The van der Waals surface area contributed by atoms with E-state index in [1.807, 2.05) is 0 Å². The van der Waals surface area contributed by atoms with Crippen LogP contribution in [0.2, 0.25) is 0 Å². The maximum absolute atomic E-state index is 10.7. The SMILES string of the molecule is CCN(CCC(=O)O)C(c1cccs1)C(C)C. The summed E-state index contributed by atoms with van der Waals surface area (Å²) in [4.78, 5) is 14.3. The van der Waals surface area contributed by atoms with Crippen LogP contribution in [0.25, 0.3) is 0 Å². The van der Waals surface area contributed by atoms with Gasteiger partial charge in [-0.25, -0.2) is 0 Å². The molecule has 0 aromatic carbocycles. The van der Waals surface area contributed by atoms with Crippen molar-refractivity contribution in [3.05, 3.63) is 22.4 Å². The van der Waals surface area contributed by atoms with Crippen LogP contribution in [0.1, 0.15) is 38.1 Å². The standard InChI is InChI=1S/C13H21NO2S/c1-4-14(8-7-12(15)16)13(10(2)3)11-6-5-9-17-11/h5-6,9-10,13H,4,7-8H2,1-3H3,(H,15,16). The zero-order chi connectivity index (χ0) is 12.8. The quantitative estimate of drug-likeness (QED) is 0.813. The summed E-state index contributed by atoms with van der Waals surface area (Å²) in [6.45, 7) is 7.97. The molecule has 0 bridgehead atoms. The molecule has 1 aromatic heterocycles. The van der Waals surface area contributed by atoms with Crippen molar-refractivity contribution in [1.29, 1.82) is 0 Å². The minimum Gasteiger partial charge on any atom is -0.481 e. The molecule has 0 aliphatic heterocycles. The summed E-state index contributed by atoms with van der Waals surface area (Å²) in [7, 11) is 0. The number of hydrogen-bond donors (Lipinski definition) is 1. The zero-order valence-corrected chi connectivity index (χ0v) is 11.5. The molecule has 1 atom stereocenters. The molecule has 0 aliphatic rings. The third-order valence-corrected chi connectivity index (χ3v) is 3.82. The number of thiophene rings is 1. The molecule has 0 radical (unpaired) electrons. The molecule has 0 spiro atoms. The second-order valence-corrected chi connectivity index (χ2v) is 5.46. The van der Waals surface area contributed by atoms with E-state index in [9.17, 15) is 4.79 Å². The van der Waals surface area contributed by atoms with Crippen LogP contribution < -0.4 is 0 Å². The molecule has 0 fully saturated rings. The van der Waals surface area contributed by atoms with Gasteiger partial charge in [0.2, 0.25) is 0 Å². The summed E-state index contributed by atoms with van der Waals surface area (Å²) in [6, 6.07) is 4.53. The fourth-order valence-electron chi connectivity index (χ4n) is 2.12. The average Bonchev–Trinajstić information content (AvgIpc) is 2.76. The van der Waals surface area contributed by atoms with Gasteiger partial charge in [0.25, 0.3) is 0 Å². The van der Waals surface area contributed by atoms with E-state index in [2.05, 4.69) is 43.2 Å². The Kier molecular flexibility index (Phi) is 5.65. The highest BCUT2D eigenvalue weighted by atomic mass is 32.1. The van der Waals surface area contributed by atoms with Gasteiger partial charge in [-0.1, -0.05) is 26.8 Å². The lowest BCUT2D eigenvalue weighted by Gasteiger charge is -2.32. The molecule has 3 nitrogen and oxygen atoms in total. The Hall–Kier alpha value is -0.870. The number of carboxylic acids is 1. The molecular weight excluding hydrogens is 234 g/mol. The maximum atomic E-state index is 10.7. The molecule has 0 amide bonds. The predicted molar refractivity (Wildman–Crippen MR) is 71.4 cm³/mol. The summed E-state index contributed by atoms with van der Waals surface area (Å²) in [5.74, 6) is -0.237. The Balaban J connectivity index is 2.77. The number of rotatable bonds is 7. The summed E-state index contributed by atoms with van der Waals surface area (Å²) in [5.41, 5.74) is 0. The Labute approximate surface area is 107 Å². The normalized spacial score (nSPS) is 13.2. The fourth-order valence-corrected chi connectivity index (χ4v) is 3.15. The lowest BCUT2D eigenvalue weighted by atomic mass is 10.0. The van der Waals surface area contributed by atoms with E-state index in [1.54, 1.807) is 11.3 Å². The first-order valence-electron chi connectivity index (χ1n) is 6.05. The van der Waals surface area contributed by atoms with E-state index < -0.39 is 5.97 Å². The van der Waals surface area contributed by atoms with E-state index in [1.165, 1.54) is 4.88 Å². The molecule has 4 heteroatoms. The second kappa shape index (κ2) is 6.77. The number of carboxylic acid groups (broad SMARTS) is 1. The van der Waals surface area contributed by atoms with Gasteiger partial charge in [0, 0.05) is 17.5 Å². The summed E-state index contributed by atoms with van der Waals surface area (Å²) in [6.07, 6.45) is 0.211. The third kappa shape index (κ3) is 4.13. The number of carbonyl (C=O) groups is 1. The van der Waals surface area contributed by atoms with Crippen LogP contribution >= 0.6 is 11.3 Å². The Morgan fingerprint density at radius 3 is 2.65 bits per heavy atom. The third-order valence-electron chi connectivity index (χ3n) is 2.88. The number of nitrogens with zero attached hydrogens (tertiary/aromatic N) is 1. The topological polar surface area (TPSA) is 40.5 Å². The lowest BCUT2D eigenvalue weighted by molar-refractivity contribution is -0.137. The van der Waals surface area contributed by atoms with Crippen LogP contribution in [0.4, 0.5) is 0 Å². The first-order chi connectivity index (χ1) is 8.06. The highest BCUT2D eigenvalue weighted by Gasteiger charge is 2.23. The maximum Gasteiger partial charge on any atom is 0.304 e. The molecule has 17 heavy (non-hydrogen) atoms. The van der Waals surface area contributed by atoms with Crippen molar-refractivity contribution in [2.45, 2.75) is 33.2 Å². The minimum atomic E-state index is -0.725. The van der Waals surface area contributed by atoms with Crippen molar-refractivity contribution in [2.24, 2.45) is 5.92 Å². The Bertz CT molecular complexity index is 335. The van der Waals surface area contributed by atoms with Gasteiger partial charge in [0.05, 0.1) is 6.42 Å². The molecule has 0 saturated heterocycles. The van der Waals surface area contributed by atoms with E-state index in [4.69, 9.17) is 5.11 Å².